The Bertz CT molecular complexity index is 1110. The SMILES string of the molecule is CCOc1ccc2oc(C(=O)N3CCN(Cc4ccc5c(c4)CCO5)CC3)c(C)c2c1. The number of hydrogen-bond donors (Lipinski definition) is 0. The van der Waals surface area contributed by atoms with Crippen LogP contribution in [0.25, 0.3) is 11.0 Å². The zero-order chi connectivity index (χ0) is 21.4. The summed E-state index contributed by atoms with van der Waals surface area (Å²) in [7, 11) is 0. The Hall–Kier alpha value is -2.99. The second kappa shape index (κ2) is 8.27. The minimum atomic E-state index is -0.0269. The van der Waals surface area contributed by atoms with E-state index in [-0.39, 0.29) is 5.91 Å². The Morgan fingerprint density at radius 2 is 1.94 bits per heavy atom. The molecule has 0 atom stereocenters. The lowest BCUT2D eigenvalue weighted by molar-refractivity contribution is 0.0599. The zero-order valence-corrected chi connectivity index (χ0v) is 18.1. The van der Waals surface area contributed by atoms with Gasteiger partial charge in [-0.15, -0.1) is 0 Å². The Morgan fingerprint density at radius 1 is 1.10 bits per heavy atom. The van der Waals surface area contributed by atoms with E-state index in [4.69, 9.17) is 13.9 Å². The number of furan rings is 1. The van der Waals surface area contributed by atoms with Gasteiger partial charge in [0.1, 0.15) is 17.1 Å². The second-order valence-electron chi connectivity index (χ2n) is 8.26. The zero-order valence-electron chi connectivity index (χ0n) is 18.1. The molecule has 0 radical (unpaired) electrons. The van der Waals surface area contributed by atoms with Crippen molar-refractivity contribution in [2.24, 2.45) is 0 Å². The summed E-state index contributed by atoms with van der Waals surface area (Å²) in [5.41, 5.74) is 4.22. The van der Waals surface area contributed by atoms with E-state index in [0.29, 0.717) is 25.5 Å². The molecule has 6 nitrogen and oxygen atoms in total. The summed E-state index contributed by atoms with van der Waals surface area (Å²) in [6.45, 7) is 9.31. The fraction of sp³-hybridized carbons (Fsp3) is 0.400. The minimum Gasteiger partial charge on any atom is -0.494 e. The summed E-state index contributed by atoms with van der Waals surface area (Å²) in [4.78, 5) is 17.5. The minimum absolute atomic E-state index is 0.0269. The van der Waals surface area contributed by atoms with E-state index >= 15 is 0 Å². The average molecular weight is 421 g/mol. The molecule has 1 saturated heterocycles. The van der Waals surface area contributed by atoms with Crippen LogP contribution in [0, 0.1) is 6.92 Å². The summed E-state index contributed by atoms with van der Waals surface area (Å²) in [6.07, 6.45) is 0.994. The van der Waals surface area contributed by atoms with Crippen LogP contribution in [-0.4, -0.2) is 55.1 Å². The third kappa shape index (κ3) is 3.88. The van der Waals surface area contributed by atoms with Gasteiger partial charge in [-0.2, -0.15) is 0 Å². The fourth-order valence-electron chi connectivity index (χ4n) is 4.51. The molecule has 0 saturated carbocycles. The van der Waals surface area contributed by atoms with Crippen LogP contribution in [0.1, 0.15) is 34.2 Å². The topological polar surface area (TPSA) is 55.2 Å². The monoisotopic (exact) mass is 420 g/mol. The molecule has 162 valence electrons. The van der Waals surface area contributed by atoms with Gasteiger partial charge in [-0.25, -0.2) is 0 Å². The van der Waals surface area contributed by atoms with Gasteiger partial charge < -0.3 is 18.8 Å². The summed E-state index contributed by atoms with van der Waals surface area (Å²) < 4.78 is 17.1. The highest BCUT2D eigenvalue weighted by Crippen LogP contribution is 2.30. The van der Waals surface area contributed by atoms with Crippen LogP contribution < -0.4 is 9.47 Å². The van der Waals surface area contributed by atoms with Gasteiger partial charge in [0.05, 0.1) is 13.2 Å². The van der Waals surface area contributed by atoms with E-state index in [0.717, 1.165) is 60.7 Å². The Kier molecular flexibility index (Phi) is 5.32. The Balaban J connectivity index is 1.24. The van der Waals surface area contributed by atoms with Crippen LogP contribution in [0.2, 0.25) is 0 Å². The first kappa shape index (κ1) is 19.9. The maximum absolute atomic E-state index is 13.2. The van der Waals surface area contributed by atoms with Gasteiger partial charge in [-0.1, -0.05) is 12.1 Å². The van der Waals surface area contributed by atoms with Crippen LogP contribution in [0.3, 0.4) is 0 Å². The van der Waals surface area contributed by atoms with Crippen molar-refractivity contribution in [3.63, 3.8) is 0 Å². The van der Waals surface area contributed by atoms with Crippen molar-refractivity contribution in [3.05, 3.63) is 58.8 Å². The first-order chi connectivity index (χ1) is 15.1. The molecule has 2 aromatic carbocycles. The number of fused-ring (bicyclic) bond motifs is 2. The molecule has 1 amide bonds. The third-order valence-corrected chi connectivity index (χ3v) is 6.23. The number of benzene rings is 2. The van der Waals surface area contributed by atoms with E-state index in [9.17, 15) is 4.79 Å². The molecule has 5 rings (SSSR count). The highest BCUT2D eigenvalue weighted by molar-refractivity contribution is 5.99. The van der Waals surface area contributed by atoms with Gasteiger partial charge in [-0.3, -0.25) is 9.69 Å². The van der Waals surface area contributed by atoms with Gasteiger partial charge in [0.2, 0.25) is 0 Å². The van der Waals surface area contributed by atoms with E-state index < -0.39 is 0 Å². The molecule has 31 heavy (non-hydrogen) atoms. The van der Waals surface area contributed by atoms with Crippen molar-refractivity contribution >= 4 is 16.9 Å². The molecule has 3 heterocycles. The molecule has 3 aromatic rings. The number of nitrogens with zero attached hydrogens (tertiary/aromatic N) is 2. The molecule has 2 aliphatic rings. The van der Waals surface area contributed by atoms with Crippen molar-refractivity contribution in [2.75, 3.05) is 39.4 Å². The standard InChI is InChI=1S/C25H28N2O4/c1-3-29-20-5-7-23-21(15-20)17(2)24(31-23)25(28)27-11-9-26(10-12-27)16-18-4-6-22-19(14-18)8-13-30-22/h4-7,14-15H,3,8-13,16H2,1-2H3. The molecule has 0 N–H and O–H groups in total. The number of aryl methyl sites for hydroxylation is 1. The maximum Gasteiger partial charge on any atom is 0.289 e. The lowest BCUT2D eigenvalue weighted by Gasteiger charge is -2.34. The van der Waals surface area contributed by atoms with Crippen LogP contribution in [0.15, 0.2) is 40.8 Å². The fourth-order valence-corrected chi connectivity index (χ4v) is 4.51. The number of rotatable bonds is 5. The predicted octanol–water partition coefficient (Wildman–Crippen LogP) is 4.03. The Morgan fingerprint density at radius 3 is 2.74 bits per heavy atom. The lowest BCUT2D eigenvalue weighted by Crippen LogP contribution is -2.48. The molecule has 0 unspecified atom stereocenters. The molecule has 0 aliphatic carbocycles. The summed E-state index contributed by atoms with van der Waals surface area (Å²) in [5.74, 6) is 2.23. The van der Waals surface area contributed by atoms with Crippen molar-refractivity contribution in [1.82, 2.24) is 9.80 Å². The van der Waals surface area contributed by atoms with Crippen molar-refractivity contribution in [1.29, 1.82) is 0 Å². The Labute approximate surface area is 182 Å². The van der Waals surface area contributed by atoms with Gasteiger partial charge in [0, 0.05) is 50.1 Å². The molecule has 0 bridgehead atoms. The first-order valence-corrected chi connectivity index (χ1v) is 11.0. The number of amides is 1. The van der Waals surface area contributed by atoms with E-state index in [1.54, 1.807) is 0 Å². The smallest absolute Gasteiger partial charge is 0.289 e. The molecular weight excluding hydrogens is 392 g/mol. The largest absolute Gasteiger partial charge is 0.494 e. The summed E-state index contributed by atoms with van der Waals surface area (Å²) >= 11 is 0. The summed E-state index contributed by atoms with van der Waals surface area (Å²) in [5, 5.41) is 0.938. The normalized spacial score (nSPS) is 16.4. The molecule has 6 heteroatoms. The van der Waals surface area contributed by atoms with Gasteiger partial charge in [0.25, 0.3) is 5.91 Å². The lowest BCUT2D eigenvalue weighted by atomic mass is 10.1. The van der Waals surface area contributed by atoms with E-state index in [2.05, 4.69) is 23.1 Å². The number of ether oxygens (including phenoxy) is 2. The van der Waals surface area contributed by atoms with Crippen molar-refractivity contribution in [2.45, 2.75) is 26.8 Å². The van der Waals surface area contributed by atoms with Crippen LogP contribution in [0.4, 0.5) is 0 Å². The predicted molar refractivity (Wildman–Crippen MR) is 119 cm³/mol. The molecular formula is C25H28N2O4. The molecule has 2 aliphatic heterocycles. The third-order valence-electron chi connectivity index (χ3n) is 6.23. The van der Waals surface area contributed by atoms with Crippen molar-refractivity contribution in [3.8, 4) is 11.5 Å². The van der Waals surface area contributed by atoms with E-state index in [1.165, 1.54) is 11.1 Å². The molecule has 1 aromatic heterocycles. The number of piperazine rings is 1. The quantitative estimate of drug-likeness (QED) is 0.624. The average Bonchev–Trinajstić information content (AvgIpc) is 3.38. The maximum atomic E-state index is 13.2. The number of carbonyl (C=O) groups is 1. The second-order valence-corrected chi connectivity index (χ2v) is 8.26. The molecule has 0 spiro atoms. The van der Waals surface area contributed by atoms with Crippen LogP contribution >= 0.6 is 0 Å². The van der Waals surface area contributed by atoms with Crippen molar-refractivity contribution < 1.29 is 18.7 Å². The van der Waals surface area contributed by atoms with Gasteiger partial charge in [-0.05, 0) is 49.2 Å². The first-order valence-electron chi connectivity index (χ1n) is 11.0. The number of carbonyl (C=O) groups excluding carboxylic acids is 1. The van der Waals surface area contributed by atoms with Crippen LogP contribution in [0.5, 0.6) is 11.5 Å². The van der Waals surface area contributed by atoms with Crippen LogP contribution in [-0.2, 0) is 13.0 Å². The van der Waals surface area contributed by atoms with Gasteiger partial charge >= 0.3 is 0 Å². The van der Waals surface area contributed by atoms with Gasteiger partial charge in [0.15, 0.2) is 5.76 Å². The molecule has 1 fully saturated rings. The highest BCUT2D eigenvalue weighted by Gasteiger charge is 2.27. The number of hydrogen-bond acceptors (Lipinski definition) is 5. The van der Waals surface area contributed by atoms with E-state index in [1.807, 2.05) is 36.9 Å². The summed E-state index contributed by atoms with van der Waals surface area (Å²) in [6, 6.07) is 12.2. The highest BCUT2D eigenvalue weighted by atomic mass is 16.5.